The molecule has 14 heavy (non-hydrogen) atoms. The van der Waals surface area contributed by atoms with E-state index in [9.17, 15) is 4.79 Å². The summed E-state index contributed by atoms with van der Waals surface area (Å²) in [5.74, 6) is 0.216. The van der Waals surface area contributed by atoms with Gasteiger partial charge in [0.2, 0.25) is 0 Å². The van der Waals surface area contributed by atoms with Gasteiger partial charge in [-0.1, -0.05) is 32.4 Å². The molecule has 0 amide bonds. The topological polar surface area (TPSA) is 17.1 Å². The summed E-state index contributed by atoms with van der Waals surface area (Å²) in [6.45, 7) is 8.57. The molecule has 0 saturated heterocycles. The molecule has 1 nitrogen and oxygen atoms in total. The number of hydrogen-bond acceptors (Lipinski definition) is 1. The molecule has 0 aromatic heterocycles. The summed E-state index contributed by atoms with van der Waals surface area (Å²) in [4.78, 5) is 11.2. The van der Waals surface area contributed by atoms with Crippen LogP contribution in [-0.2, 0) is 4.79 Å². The van der Waals surface area contributed by atoms with Gasteiger partial charge in [-0.05, 0) is 36.8 Å². The van der Waals surface area contributed by atoms with Crippen molar-refractivity contribution in [3.8, 4) is 0 Å². The van der Waals surface area contributed by atoms with Crippen LogP contribution < -0.4 is 0 Å². The lowest BCUT2D eigenvalue weighted by atomic mass is 9.85. The van der Waals surface area contributed by atoms with Crippen LogP contribution in [0.15, 0.2) is 23.3 Å². The van der Waals surface area contributed by atoms with Gasteiger partial charge in [0.15, 0.2) is 5.78 Å². The summed E-state index contributed by atoms with van der Waals surface area (Å²) in [5, 5.41) is 0. The fourth-order valence-electron chi connectivity index (χ4n) is 2.01. The quantitative estimate of drug-likeness (QED) is 0.624. The van der Waals surface area contributed by atoms with E-state index in [2.05, 4.69) is 20.8 Å². The Hall–Kier alpha value is -0.850. The average Bonchev–Trinajstić information content (AvgIpc) is 2.38. The zero-order valence-corrected chi connectivity index (χ0v) is 9.68. The molecule has 0 atom stereocenters. The first-order valence-corrected chi connectivity index (χ1v) is 5.38. The molecule has 0 fully saturated rings. The predicted molar refractivity (Wildman–Crippen MR) is 60.2 cm³/mol. The Balaban J connectivity index is 2.82. The minimum atomic E-state index is 0.216. The maximum absolute atomic E-state index is 11.2. The van der Waals surface area contributed by atoms with Gasteiger partial charge < -0.3 is 0 Å². The first-order valence-electron chi connectivity index (χ1n) is 5.38. The lowest BCUT2D eigenvalue weighted by Crippen LogP contribution is -2.08. The van der Waals surface area contributed by atoms with Crippen molar-refractivity contribution in [3.05, 3.63) is 23.3 Å². The van der Waals surface area contributed by atoms with Gasteiger partial charge in [0.1, 0.15) is 0 Å². The largest absolute Gasteiger partial charge is 0.295 e. The van der Waals surface area contributed by atoms with E-state index in [-0.39, 0.29) is 11.2 Å². The van der Waals surface area contributed by atoms with Gasteiger partial charge in [0.25, 0.3) is 0 Å². The van der Waals surface area contributed by atoms with E-state index < -0.39 is 0 Å². The number of hydrogen-bond donors (Lipinski definition) is 0. The van der Waals surface area contributed by atoms with Crippen LogP contribution >= 0.6 is 0 Å². The normalized spacial score (nSPS) is 20.9. The highest BCUT2D eigenvalue weighted by atomic mass is 16.1. The van der Waals surface area contributed by atoms with Crippen molar-refractivity contribution < 1.29 is 4.79 Å². The Morgan fingerprint density at radius 1 is 1.50 bits per heavy atom. The van der Waals surface area contributed by atoms with Gasteiger partial charge in [0, 0.05) is 6.42 Å². The summed E-state index contributed by atoms with van der Waals surface area (Å²) in [5.41, 5.74) is 3.06. The third-order valence-corrected chi connectivity index (χ3v) is 3.10. The fourth-order valence-corrected chi connectivity index (χ4v) is 2.01. The summed E-state index contributed by atoms with van der Waals surface area (Å²) in [6.07, 6.45) is 6.73. The SMILES string of the molecule is CCC(=O)/C=C/C1=C(C)CCC1(C)C. The van der Waals surface area contributed by atoms with Crippen molar-refractivity contribution in [2.75, 3.05) is 0 Å². The molecule has 0 radical (unpaired) electrons. The number of carbonyl (C=O) groups is 1. The smallest absolute Gasteiger partial charge is 0.155 e. The molecule has 0 bridgehead atoms. The number of allylic oxidation sites excluding steroid dienone is 4. The maximum atomic E-state index is 11.2. The van der Waals surface area contributed by atoms with Crippen molar-refractivity contribution in [1.82, 2.24) is 0 Å². The predicted octanol–water partition coefficient (Wildman–Crippen LogP) is 3.66. The summed E-state index contributed by atoms with van der Waals surface area (Å²) < 4.78 is 0. The lowest BCUT2D eigenvalue weighted by molar-refractivity contribution is -0.114. The fraction of sp³-hybridized carbons (Fsp3) is 0.615. The molecule has 0 unspecified atom stereocenters. The highest BCUT2D eigenvalue weighted by molar-refractivity contribution is 5.89. The molecule has 0 aromatic carbocycles. The summed E-state index contributed by atoms with van der Waals surface area (Å²) in [7, 11) is 0. The van der Waals surface area contributed by atoms with Gasteiger partial charge >= 0.3 is 0 Å². The van der Waals surface area contributed by atoms with Crippen LogP contribution in [0.3, 0.4) is 0 Å². The van der Waals surface area contributed by atoms with E-state index in [1.54, 1.807) is 6.08 Å². The molecular formula is C13H20O. The van der Waals surface area contributed by atoms with Gasteiger partial charge in [-0.15, -0.1) is 0 Å². The molecule has 0 heterocycles. The Labute approximate surface area is 86.9 Å². The number of rotatable bonds is 3. The zero-order valence-electron chi connectivity index (χ0n) is 9.68. The second-order valence-electron chi connectivity index (χ2n) is 4.73. The molecule has 0 spiro atoms. The Kier molecular flexibility index (Phi) is 3.30. The van der Waals surface area contributed by atoms with E-state index in [1.807, 2.05) is 13.0 Å². The van der Waals surface area contributed by atoms with Crippen LogP contribution in [-0.4, -0.2) is 5.78 Å². The van der Waals surface area contributed by atoms with E-state index >= 15 is 0 Å². The molecule has 1 aliphatic carbocycles. The van der Waals surface area contributed by atoms with Crippen molar-refractivity contribution in [1.29, 1.82) is 0 Å². The highest BCUT2D eigenvalue weighted by Crippen LogP contribution is 2.42. The van der Waals surface area contributed by atoms with E-state index in [0.29, 0.717) is 6.42 Å². The second-order valence-corrected chi connectivity index (χ2v) is 4.73. The number of carbonyl (C=O) groups excluding carboxylic acids is 1. The summed E-state index contributed by atoms with van der Waals surface area (Å²) >= 11 is 0. The zero-order chi connectivity index (χ0) is 10.8. The molecule has 0 aromatic rings. The van der Waals surface area contributed by atoms with Crippen LogP contribution in [0.2, 0.25) is 0 Å². The standard InChI is InChI=1S/C13H20O/c1-5-11(14)6-7-12-10(2)8-9-13(12,3)4/h6-7H,5,8-9H2,1-4H3/b7-6+. The van der Waals surface area contributed by atoms with Crippen LogP contribution in [0.4, 0.5) is 0 Å². The van der Waals surface area contributed by atoms with E-state index in [4.69, 9.17) is 0 Å². The molecule has 0 saturated carbocycles. The van der Waals surface area contributed by atoms with E-state index in [0.717, 1.165) is 0 Å². The van der Waals surface area contributed by atoms with Crippen molar-refractivity contribution in [2.24, 2.45) is 5.41 Å². The minimum absolute atomic E-state index is 0.216. The number of ketones is 1. The molecule has 78 valence electrons. The van der Waals surface area contributed by atoms with Gasteiger partial charge in [0.05, 0.1) is 0 Å². The van der Waals surface area contributed by atoms with Gasteiger partial charge in [-0.25, -0.2) is 0 Å². The van der Waals surface area contributed by atoms with Crippen molar-refractivity contribution in [2.45, 2.75) is 47.0 Å². The molecule has 1 aliphatic rings. The average molecular weight is 192 g/mol. The third-order valence-electron chi connectivity index (χ3n) is 3.10. The van der Waals surface area contributed by atoms with Crippen molar-refractivity contribution >= 4 is 5.78 Å². The highest BCUT2D eigenvalue weighted by Gasteiger charge is 2.28. The van der Waals surface area contributed by atoms with Crippen molar-refractivity contribution in [3.63, 3.8) is 0 Å². The first kappa shape index (κ1) is 11.2. The second kappa shape index (κ2) is 4.12. The molecule has 1 heteroatoms. The van der Waals surface area contributed by atoms with Gasteiger partial charge in [-0.3, -0.25) is 4.79 Å². The molecule has 0 aliphatic heterocycles. The van der Waals surface area contributed by atoms with E-state index in [1.165, 1.54) is 24.0 Å². The van der Waals surface area contributed by atoms with Gasteiger partial charge in [-0.2, -0.15) is 0 Å². The Morgan fingerprint density at radius 2 is 2.14 bits per heavy atom. The maximum Gasteiger partial charge on any atom is 0.155 e. The minimum Gasteiger partial charge on any atom is -0.295 e. The Bertz CT molecular complexity index is 292. The van der Waals surface area contributed by atoms with Crippen LogP contribution in [0.1, 0.15) is 47.0 Å². The van der Waals surface area contributed by atoms with Crippen LogP contribution in [0.25, 0.3) is 0 Å². The van der Waals surface area contributed by atoms with Crippen LogP contribution in [0.5, 0.6) is 0 Å². The third kappa shape index (κ3) is 2.34. The molecule has 1 rings (SSSR count). The van der Waals surface area contributed by atoms with Crippen LogP contribution in [0, 0.1) is 5.41 Å². The molecular weight excluding hydrogens is 172 g/mol. The molecule has 0 N–H and O–H groups in total. The lowest BCUT2D eigenvalue weighted by Gasteiger charge is -2.20. The Morgan fingerprint density at radius 3 is 2.57 bits per heavy atom. The monoisotopic (exact) mass is 192 g/mol. The summed E-state index contributed by atoms with van der Waals surface area (Å²) in [6, 6.07) is 0. The first-order chi connectivity index (χ1) is 6.47.